The Morgan fingerprint density at radius 3 is 2.52 bits per heavy atom. The predicted octanol–water partition coefficient (Wildman–Crippen LogP) is 2.16. The van der Waals surface area contributed by atoms with E-state index in [4.69, 9.17) is 9.84 Å². The van der Waals surface area contributed by atoms with E-state index in [1.165, 1.54) is 11.9 Å². The van der Waals surface area contributed by atoms with Gasteiger partial charge in [-0.05, 0) is 13.0 Å². The normalized spacial score (nSPS) is 10.3. The van der Waals surface area contributed by atoms with Crippen LogP contribution < -0.4 is 5.32 Å². The van der Waals surface area contributed by atoms with E-state index in [9.17, 15) is 18.4 Å². The van der Waals surface area contributed by atoms with Crippen molar-refractivity contribution in [1.82, 2.24) is 4.90 Å². The molecule has 0 aliphatic rings. The van der Waals surface area contributed by atoms with Crippen molar-refractivity contribution >= 4 is 17.7 Å². The highest BCUT2D eigenvalue weighted by Crippen LogP contribution is 2.20. The second-order valence-corrected chi connectivity index (χ2v) is 4.17. The second-order valence-electron chi connectivity index (χ2n) is 4.17. The maximum Gasteiger partial charge on any atom is 0.337 e. The van der Waals surface area contributed by atoms with E-state index in [2.05, 4.69) is 5.32 Å². The van der Waals surface area contributed by atoms with Crippen molar-refractivity contribution in [1.29, 1.82) is 0 Å². The Morgan fingerprint density at radius 2 is 1.95 bits per heavy atom. The van der Waals surface area contributed by atoms with E-state index in [0.717, 1.165) is 0 Å². The van der Waals surface area contributed by atoms with Gasteiger partial charge in [0.25, 0.3) is 0 Å². The van der Waals surface area contributed by atoms with E-state index in [1.54, 1.807) is 6.92 Å². The Hall–Kier alpha value is -2.22. The molecule has 116 valence electrons. The molecule has 2 N–H and O–H groups in total. The van der Waals surface area contributed by atoms with E-state index >= 15 is 0 Å². The minimum Gasteiger partial charge on any atom is -0.478 e. The van der Waals surface area contributed by atoms with Crippen LogP contribution in [0.25, 0.3) is 0 Å². The third kappa shape index (κ3) is 4.67. The SMILES string of the molecule is CCOCCN(C)C(=O)Nc1cc(F)c(F)cc1C(=O)O. The highest BCUT2D eigenvalue weighted by Gasteiger charge is 2.18. The van der Waals surface area contributed by atoms with Crippen LogP contribution >= 0.6 is 0 Å². The number of benzene rings is 1. The van der Waals surface area contributed by atoms with E-state index in [1.807, 2.05) is 0 Å². The molecule has 2 amide bonds. The monoisotopic (exact) mass is 302 g/mol. The van der Waals surface area contributed by atoms with Crippen LogP contribution in [0.2, 0.25) is 0 Å². The number of anilines is 1. The minimum absolute atomic E-state index is 0.270. The van der Waals surface area contributed by atoms with Gasteiger partial charge in [-0.25, -0.2) is 18.4 Å². The second kappa shape index (κ2) is 7.53. The third-order valence-electron chi connectivity index (χ3n) is 2.65. The van der Waals surface area contributed by atoms with Crippen LogP contribution in [-0.2, 0) is 4.74 Å². The van der Waals surface area contributed by atoms with Crippen LogP contribution in [0.3, 0.4) is 0 Å². The molecule has 0 aliphatic heterocycles. The number of aromatic carboxylic acids is 1. The zero-order chi connectivity index (χ0) is 16.0. The first-order valence-electron chi connectivity index (χ1n) is 6.19. The lowest BCUT2D eigenvalue weighted by molar-refractivity contribution is 0.0697. The van der Waals surface area contributed by atoms with Crippen LogP contribution in [0, 0.1) is 11.6 Å². The van der Waals surface area contributed by atoms with Gasteiger partial charge >= 0.3 is 12.0 Å². The number of nitrogens with one attached hydrogen (secondary N) is 1. The van der Waals surface area contributed by atoms with Gasteiger partial charge in [-0.15, -0.1) is 0 Å². The molecule has 0 saturated heterocycles. The molecule has 1 rings (SSSR count). The van der Waals surface area contributed by atoms with Gasteiger partial charge in [-0.1, -0.05) is 0 Å². The number of nitrogens with zero attached hydrogens (tertiary/aromatic N) is 1. The molecule has 0 bridgehead atoms. The number of hydrogen-bond donors (Lipinski definition) is 2. The number of ether oxygens (including phenoxy) is 1. The molecule has 21 heavy (non-hydrogen) atoms. The molecule has 0 spiro atoms. The van der Waals surface area contributed by atoms with E-state index in [0.29, 0.717) is 25.3 Å². The molecule has 0 radical (unpaired) electrons. The molecule has 0 fully saturated rings. The number of carboxylic acids is 1. The van der Waals surface area contributed by atoms with Crippen LogP contribution in [0.15, 0.2) is 12.1 Å². The number of amides is 2. The molecule has 8 heteroatoms. The third-order valence-corrected chi connectivity index (χ3v) is 2.65. The summed E-state index contributed by atoms with van der Waals surface area (Å²) in [5, 5.41) is 11.2. The van der Waals surface area contributed by atoms with Crippen LogP contribution in [0.4, 0.5) is 19.3 Å². The smallest absolute Gasteiger partial charge is 0.337 e. The van der Waals surface area contributed by atoms with Gasteiger partial charge in [0, 0.05) is 26.3 Å². The fourth-order valence-corrected chi connectivity index (χ4v) is 1.49. The summed E-state index contributed by atoms with van der Waals surface area (Å²) in [5.74, 6) is -4.01. The van der Waals surface area contributed by atoms with Crippen molar-refractivity contribution in [2.24, 2.45) is 0 Å². The Kier molecular flexibility index (Phi) is 6.04. The lowest BCUT2D eigenvalue weighted by atomic mass is 10.1. The average molecular weight is 302 g/mol. The van der Waals surface area contributed by atoms with Crippen molar-refractivity contribution < 1.29 is 28.2 Å². The van der Waals surface area contributed by atoms with Crippen LogP contribution in [-0.4, -0.2) is 48.8 Å². The maximum atomic E-state index is 13.2. The highest BCUT2D eigenvalue weighted by atomic mass is 19.2. The first kappa shape index (κ1) is 16.8. The summed E-state index contributed by atoms with van der Waals surface area (Å²) >= 11 is 0. The minimum atomic E-state index is -1.47. The summed E-state index contributed by atoms with van der Waals surface area (Å²) in [7, 11) is 1.47. The van der Waals surface area contributed by atoms with Gasteiger partial charge in [0.2, 0.25) is 0 Å². The Bertz CT molecular complexity index is 537. The van der Waals surface area contributed by atoms with Crippen molar-refractivity contribution in [3.63, 3.8) is 0 Å². The number of hydrogen-bond acceptors (Lipinski definition) is 3. The summed E-state index contributed by atoms with van der Waals surface area (Å²) in [6.07, 6.45) is 0. The number of halogens is 2. The van der Waals surface area contributed by atoms with Crippen molar-refractivity contribution in [3.05, 3.63) is 29.3 Å². The molecule has 0 aliphatic carbocycles. The van der Waals surface area contributed by atoms with E-state index < -0.39 is 29.2 Å². The number of rotatable bonds is 6. The Morgan fingerprint density at radius 1 is 1.33 bits per heavy atom. The zero-order valence-electron chi connectivity index (χ0n) is 11.7. The maximum absolute atomic E-state index is 13.2. The van der Waals surface area contributed by atoms with Gasteiger partial charge in [-0.3, -0.25) is 0 Å². The molecule has 0 atom stereocenters. The number of carbonyl (C=O) groups excluding carboxylic acids is 1. The quantitative estimate of drug-likeness (QED) is 0.789. The molecular formula is C13H16F2N2O4. The summed E-state index contributed by atoms with van der Waals surface area (Å²) in [4.78, 5) is 24.0. The van der Waals surface area contributed by atoms with Gasteiger partial charge in [-0.2, -0.15) is 0 Å². The predicted molar refractivity (Wildman–Crippen MR) is 71.5 cm³/mol. The van der Waals surface area contributed by atoms with Crippen molar-refractivity contribution in [2.75, 3.05) is 32.1 Å². The summed E-state index contributed by atoms with van der Waals surface area (Å²) < 4.78 is 31.3. The fraction of sp³-hybridized carbons (Fsp3) is 0.385. The summed E-state index contributed by atoms with van der Waals surface area (Å²) in [6, 6.07) is 0.504. The lowest BCUT2D eigenvalue weighted by Crippen LogP contribution is -2.34. The van der Waals surface area contributed by atoms with Crippen molar-refractivity contribution in [3.8, 4) is 0 Å². The molecular weight excluding hydrogens is 286 g/mol. The van der Waals surface area contributed by atoms with Gasteiger partial charge < -0.3 is 20.1 Å². The highest BCUT2D eigenvalue weighted by molar-refractivity contribution is 5.99. The number of carboxylic acid groups (broad SMARTS) is 1. The topological polar surface area (TPSA) is 78.9 Å². The molecule has 0 heterocycles. The summed E-state index contributed by atoms with van der Waals surface area (Å²) in [6.45, 7) is 2.89. The molecule has 0 unspecified atom stereocenters. The number of likely N-dealkylation sites (N-methyl/N-ethyl adjacent to an activating group) is 1. The molecule has 1 aromatic rings. The number of urea groups is 1. The molecule has 0 aromatic heterocycles. The average Bonchev–Trinajstić information content (AvgIpc) is 2.42. The fourth-order valence-electron chi connectivity index (χ4n) is 1.49. The van der Waals surface area contributed by atoms with Crippen LogP contribution in [0.5, 0.6) is 0 Å². The standard InChI is InChI=1S/C13H16F2N2O4/c1-3-21-5-4-17(2)13(20)16-11-7-10(15)9(14)6-8(11)12(18)19/h6-7H,3-5H2,1-2H3,(H,16,20)(H,18,19). The van der Waals surface area contributed by atoms with Crippen molar-refractivity contribution in [2.45, 2.75) is 6.92 Å². The first-order valence-corrected chi connectivity index (χ1v) is 6.19. The van der Waals surface area contributed by atoms with Gasteiger partial charge in [0.15, 0.2) is 11.6 Å². The largest absolute Gasteiger partial charge is 0.478 e. The van der Waals surface area contributed by atoms with Gasteiger partial charge in [0.1, 0.15) is 0 Å². The van der Waals surface area contributed by atoms with E-state index in [-0.39, 0.29) is 12.2 Å². The lowest BCUT2D eigenvalue weighted by Gasteiger charge is -2.18. The molecule has 0 saturated carbocycles. The first-order chi connectivity index (χ1) is 9.86. The number of carbonyl (C=O) groups is 2. The van der Waals surface area contributed by atoms with Crippen LogP contribution in [0.1, 0.15) is 17.3 Å². The molecule has 1 aromatic carbocycles. The zero-order valence-corrected chi connectivity index (χ0v) is 11.7. The Balaban J connectivity index is 2.84. The Labute approximate surface area is 120 Å². The van der Waals surface area contributed by atoms with Gasteiger partial charge in [0.05, 0.1) is 17.9 Å². The summed E-state index contributed by atoms with van der Waals surface area (Å²) in [5.41, 5.74) is -0.838. The molecule has 6 nitrogen and oxygen atoms in total.